The summed E-state index contributed by atoms with van der Waals surface area (Å²) in [5, 5.41) is 0.0706. The number of hydrogen-bond acceptors (Lipinski definition) is 7. The molecule has 29 heavy (non-hydrogen) atoms. The zero-order valence-corrected chi connectivity index (χ0v) is 17.5. The summed E-state index contributed by atoms with van der Waals surface area (Å²) in [4.78, 5) is 24.0. The molecule has 0 amide bonds. The Morgan fingerprint density at radius 3 is 2.52 bits per heavy atom. The zero-order chi connectivity index (χ0) is 21.2. The van der Waals surface area contributed by atoms with E-state index in [0.717, 1.165) is 12.8 Å². The summed E-state index contributed by atoms with van der Waals surface area (Å²) in [5.74, 6) is -1.17. The van der Waals surface area contributed by atoms with Crippen molar-refractivity contribution in [2.24, 2.45) is 0 Å². The van der Waals surface area contributed by atoms with Crippen LogP contribution in [0.3, 0.4) is 0 Å². The molecule has 1 aliphatic heterocycles. The van der Waals surface area contributed by atoms with Crippen molar-refractivity contribution >= 4 is 33.6 Å². The van der Waals surface area contributed by atoms with Gasteiger partial charge in [-0.2, -0.15) is 4.31 Å². The van der Waals surface area contributed by atoms with Gasteiger partial charge < -0.3 is 13.9 Å². The molecule has 2 heterocycles. The quantitative estimate of drug-likeness (QED) is 0.634. The fourth-order valence-corrected chi connectivity index (χ4v) is 4.77. The first kappa shape index (κ1) is 21.4. The minimum atomic E-state index is -3.70. The Kier molecular flexibility index (Phi) is 6.30. The molecule has 8 nitrogen and oxygen atoms in total. The van der Waals surface area contributed by atoms with Gasteiger partial charge in [0.05, 0.1) is 22.6 Å². The molecule has 156 valence electrons. The van der Waals surface area contributed by atoms with Crippen molar-refractivity contribution in [3.63, 3.8) is 0 Å². The number of nitrogens with zero attached hydrogens (tertiary/aromatic N) is 1. The molecule has 1 fully saturated rings. The number of furan rings is 1. The first-order valence-corrected chi connectivity index (χ1v) is 10.7. The number of ether oxygens (including phenoxy) is 2. The topological polar surface area (TPSA) is 103 Å². The number of carbonyl (C=O) groups excluding carboxylic acids is 2. The van der Waals surface area contributed by atoms with Crippen molar-refractivity contribution in [2.75, 3.05) is 20.2 Å². The maximum absolute atomic E-state index is 12.7. The highest BCUT2D eigenvalue weighted by Crippen LogP contribution is 2.26. The number of methoxy groups -OCH3 is 1. The molecule has 0 bridgehead atoms. The molecule has 1 saturated heterocycles. The van der Waals surface area contributed by atoms with Crippen molar-refractivity contribution in [2.45, 2.75) is 31.3 Å². The lowest BCUT2D eigenvalue weighted by Gasteiger charge is -2.16. The lowest BCUT2D eigenvalue weighted by Crippen LogP contribution is -2.28. The Morgan fingerprint density at radius 2 is 1.86 bits per heavy atom. The minimum absolute atomic E-state index is 0.0161. The van der Waals surface area contributed by atoms with Gasteiger partial charge >= 0.3 is 11.9 Å². The average molecular weight is 442 g/mol. The summed E-state index contributed by atoms with van der Waals surface area (Å²) >= 11 is 6.08. The van der Waals surface area contributed by atoms with Gasteiger partial charge in [0.2, 0.25) is 15.8 Å². The smallest absolute Gasteiger partial charge is 0.374 e. The van der Waals surface area contributed by atoms with Crippen LogP contribution in [0, 0.1) is 6.92 Å². The number of benzene rings is 1. The second-order valence-corrected chi connectivity index (χ2v) is 8.89. The molecule has 3 rings (SSSR count). The van der Waals surface area contributed by atoms with E-state index in [2.05, 4.69) is 4.74 Å². The van der Waals surface area contributed by atoms with Gasteiger partial charge in [0.25, 0.3) is 0 Å². The number of hydrogen-bond donors (Lipinski definition) is 0. The fourth-order valence-electron chi connectivity index (χ4n) is 3.03. The van der Waals surface area contributed by atoms with Crippen molar-refractivity contribution < 1.29 is 31.9 Å². The predicted octanol–water partition coefficient (Wildman–Crippen LogP) is 3.17. The van der Waals surface area contributed by atoms with Gasteiger partial charge in [-0.15, -0.1) is 0 Å². The first-order valence-electron chi connectivity index (χ1n) is 8.88. The van der Waals surface area contributed by atoms with Gasteiger partial charge in [0.1, 0.15) is 12.4 Å². The second kappa shape index (κ2) is 8.56. The summed E-state index contributed by atoms with van der Waals surface area (Å²) in [7, 11) is -2.46. The number of esters is 2. The highest BCUT2D eigenvalue weighted by atomic mass is 35.5. The van der Waals surface area contributed by atoms with Crippen molar-refractivity contribution in [1.82, 2.24) is 4.31 Å². The van der Waals surface area contributed by atoms with E-state index in [9.17, 15) is 18.0 Å². The second-order valence-electron chi connectivity index (χ2n) is 6.55. The molecule has 2 aromatic rings. The minimum Gasteiger partial charge on any atom is -0.463 e. The number of aryl methyl sites for hydroxylation is 1. The number of sulfonamides is 1. The molecule has 1 aliphatic rings. The lowest BCUT2D eigenvalue weighted by atomic mass is 10.2. The van der Waals surface area contributed by atoms with Crippen LogP contribution in [0.1, 0.15) is 45.1 Å². The highest BCUT2D eigenvalue weighted by Gasteiger charge is 2.28. The number of rotatable bonds is 6. The highest BCUT2D eigenvalue weighted by molar-refractivity contribution is 7.89. The van der Waals surface area contributed by atoms with E-state index in [1.807, 2.05) is 0 Å². The van der Waals surface area contributed by atoms with Gasteiger partial charge in [-0.25, -0.2) is 18.0 Å². The SMILES string of the molecule is COC(=O)c1oc(COC(=O)c2cc(S(=O)(=O)N3CCCC3)ccc2Cl)cc1C. The van der Waals surface area contributed by atoms with E-state index in [-0.39, 0.29) is 33.6 Å². The molecule has 0 atom stereocenters. The third-order valence-electron chi connectivity index (χ3n) is 4.55. The van der Waals surface area contributed by atoms with Crippen molar-refractivity contribution in [1.29, 1.82) is 0 Å². The standard InChI is InChI=1S/C19H20ClNO7S/c1-12-9-13(28-17(12)19(23)26-2)11-27-18(22)15-10-14(5-6-16(15)20)29(24,25)21-7-3-4-8-21/h5-6,9-10H,3-4,7-8,11H2,1-2H3. The van der Waals surface area contributed by atoms with Crippen LogP contribution in [-0.4, -0.2) is 44.9 Å². The van der Waals surface area contributed by atoms with E-state index in [0.29, 0.717) is 18.7 Å². The Morgan fingerprint density at radius 1 is 1.17 bits per heavy atom. The maximum atomic E-state index is 12.7. The number of halogens is 1. The van der Waals surface area contributed by atoms with E-state index in [1.165, 1.54) is 29.6 Å². The van der Waals surface area contributed by atoms with Crippen LogP contribution >= 0.6 is 11.6 Å². The Balaban J connectivity index is 1.77. The molecule has 1 aromatic carbocycles. The van der Waals surface area contributed by atoms with Crippen molar-refractivity contribution in [3.8, 4) is 0 Å². The summed E-state index contributed by atoms with van der Waals surface area (Å²) in [6.45, 7) is 2.30. The van der Waals surface area contributed by atoms with Crippen molar-refractivity contribution in [3.05, 3.63) is 51.9 Å². The molecule has 10 heteroatoms. The number of carbonyl (C=O) groups is 2. The monoisotopic (exact) mass is 441 g/mol. The van der Waals surface area contributed by atoms with Crippen LogP contribution in [0.2, 0.25) is 5.02 Å². The van der Waals surface area contributed by atoms with Gasteiger partial charge in [0.15, 0.2) is 0 Å². The first-order chi connectivity index (χ1) is 13.7. The Hall–Kier alpha value is -2.36. The predicted molar refractivity (Wildman–Crippen MR) is 103 cm³/mol. The van der Waals surface area contributed by atoms with Gasteiger partial charge in [-0.05, 0) is 44.0 Å². The Bertz CT molecular complexity index is 1040. The summed E-state index contributed by atoms with van der Waals surface area (Å²) < 4.78 is 41.9. The van der Waals surface area contributed by atoms with Gasteiger partial charge in [-0.3, -0.25) is 0 Å². The summed E-state index contributed by atoms with van der Waals surface area (Å²) in [6, 6.07) is 5.49. The summed E-state index contributed by atoms with van der Waals surface area (Å²) in [6.07, 6.45) is 1.61. The van der Waals surface area contributed by atoms with E-state index in [1.54, 1.807) is 13.0 Å². The lowest BCUT2D eigenvalue weighted by molar-refractivity contribution is 0.0438. The molecule has 0 unspecified atom stereocenters. The van der Waals surface area contributed by atoms with Gasteiger partial charge in [-0.1, -0.05) is 11.6 Å². The summed E-state index contributed by atoms with van der Waals surface area (Å²) in [5.41, 5.74) is 0.475. The van der Waals surface area contributed by atoms with E-state index >= 15 is 0 Å². The van der Waals surface area contributed by atoms with E-state index in [4.69, 9.17) is 20.8 Å². The molecule has 0 N–H and O–H groups in total. The maximum Gasteiger partial charge on any atom is 0.374 e. The van der Waals surface area contributed by atoms with Crippen LogP contribution in [0.15, 0.2) is 33.6 Å². The van der Waals surface area contributed by atoms with Crippen LogP contribution in [-0.2, 0) is 26.1 Å². The molecular formula is C19H20ClNO7S. The van der Waals surface area contributed by atoms with E-state index < -0.39 is 22.0 Å². The molecular weight excluding hydrogens is 422 g/mol. The average Bonchev–Trinajstić information content (AvgIpc) is 3.36. The molecule has 0 saturated carbocycles. The molecule has 1 aromatic heterocycles. The largest absolute Gasteiger partial charge is 0.463 e. The van der Waals surface area contributed by atoms with Crippen LogP contribution < -0.4 is 0 Å². The van der Waals surface area contributed by atoms with Crippen LogP contribution in [0.25, 0.3) is 0 Å². The normalized spacial score (nSPS) is 14.7. The molecule has 0 radical (unpaired) electrons. The zero-order valence-electron chi connectivity index (χ0n) is 15.9. The molecule has 0 aliphatic carbocycles. The molecule has 0 spiro atoms. The van der Waals surface area contributed by atoms with Crippen LogP contribution in [0.4, 0.5) is 0 Å². The Labute approximate surface area is 173 Å². The van der Waals surface area contributed by atoms with Gasteiger partial charge in [0, 0.05) is 18.7 Å². The van der Waals surface area contributed by atoms with Crippen LogP contribution in [0.5, 0.6) is 0 Å². The fraction of sp³-hybridized carbons (Fsp3) is 0.368. The third-order valence-corrected chi connectivity index (χ3v) is 6.77. The third kappa shape index (κ3) is 4.47.